The Labute approximate surface area is 219 Å². The zero-order valence-corrected chi connectivity index (χ0v) is 20.5. The highest BCUT2D eigenvalue weighted by atomic mass is 16.3. The standard InChI is InChI=1S/C35H22N2O/c1-2-12-24(13-3-1)35-36-30-18-7-9-20-32(30)37(35)31-19-8-6-15-26(31)27-16-10-17-28-29-22-21-23-11-4-5-14-25(23)33(29)38-34(27)28/h1-22H. The van der Waals surface area contributed by atoms with Gasteiger partial charge in [-0.25, -0.2) is 4.98 Å². The van der Waals surface area contributed by atoms with Crippen molar-refractivity contribution in [2.24, 2.45) is 0 Å². The molecule has 3 nitrogen and oxygen atoms in total. The molecule has 0 aliphatic carbocycles. The predicted octanol–water partition coefficient (Wildman–Crippen LogP) is 9.41. The van der Waals surface area contributed by atoms with Crippen molar-refractivity contribution in [2.75, 3.05) is 0 Å². The molecule has 0 fully saturated rings. The second kappa shape index (κ2) is 8.19. The topological polar surface area (TPSA) is 31.0 Å². The minimum Gasteiger partial charge on any atom is -0.455 e. The summed E-state index contributed by atoms with van der Waals surface area (Å²) in [6.45, 7) is 0. The number of benzene rings is 6. The predicted molar refractivity (Wildman–Crippen MR) is 157 cm³/mol. The molecular weight excluding hydrogens is 464 g/mol. The van der Waals surface area contributed by atoms with Crippen molar-refractivity contribution >= 4 is 43.7 Å². The molecule has 2 aromatic heterocycles. The van der Waals surface area contributed by atoms with E-state index in [1.54, 1.807) is 0 Å². The number of para-hydroxylation sites is 4. The van der Waals surface area contributed by atoms with E-state index in [-0.39, 0.29) is 0 Å². The monoisotopic (exact) mass is 486 g/mol. The quantitative estimate of drug-likeness (QED) is 0.249. The normalized spacial score (nSPS) is 11.7. The SMILES string of the molecule is c1ccc(-c2nc3ccccc3n2-c2ccccc2-c2cccc3c2oc2c4ccccc4ccc32)cc1. The Morgan fingerprint density at radius 2 is 1.21 bits per heavy atom. The summed E-state index contributed by atoms with van der Waals surface area (Å²) >= 11 is 0. The van der Waals surface area contributed by atoms with Gasteiger partial charge in [0, 0.05) is 32.8 Å². The minimum absolute atomic E-state index is 0.900. The van der Waals surface area contributed by atoms with Gasteiger partial charge >= 0.3 is 0 Å². The van der Waals surface area contributed by atoms with Crippen LogP contribution in [0.3, 0.4) is 0 Å². The highest BCUT2D eigenvalue weighted by Crippen LogP contribution is 2.41. The van der Waals surface area contributed by atoms with Crippen LogP contribution < -0.4 is 0 Å². The Kier molecular flexibility index (Phi) is 4.52. The minimum atomic E-state index is 0.900. The average Bonchev–Trinajstić information content (AvgIpc) is 3.57. The zero-order valence-electron chi connectivity index (χ0n) is 20.5. The summed E-state index contributed by atoms with van der Waals surface area (Å²) in [5, 5.41) is 4.57. The number of furan rings is 1. The summed E-state index contributed by atoms with van der Waals surface area (Å²) in [6.07, 6.45) is 0. The lowest BCUT2D eigenvalue weighted by Crippen LogP contribution is -2.00. The van der Waals surface area contributed by atoms with Crippen LogP contribution in [0.4, 0.5) is 0 Å². The van der Waals surface area contributed by atoms with Crippen LogP contribution in [0.2, 0.25) is 0 Å². The van der Waals surface area contributed by atoms with Gasteiger partial charge in [-0.05, 0) is 29.7 Å². The lowest BCUT2D eigenvalue weighted by molar-refractivity contribution is 0.673. The van der Waals surface area contributed by atoms with E-state index in [4.69, 9.17) is 9.40 Å². The molecule has 8 rings (SSSR count). The highest BCUT2D eigenvalue weighted by Gasteiger charge is 2.20. The van der Waals surface area contributed by atoms with Crippen LogP contribution in [0, 0.1) is 0 Å². The molecule has 0 aliphatic rings. The van der Waals surface area contributed by atoms with Crippen molar-refractivity contribution in [3.8, 4) is 28.2 Å². The Morgan fingerprint density at radius 3 is 2.16 bits per heavy atom. The number of fused-ring (bicyclic) bond motifs is 6. The van der Waals surface area contributed by atoms with Crippen LogP contribution in [-0.2, 0) is 0 Å². The lowest BCUT2D eigenvalue weighted by atomic mass is 9.99. The van der Waals surface area contributed by atoms with Gasteiger partial charge in [0.2, 0.25) is 0 Å². The third-order valence-electron chi connectivity index (χ3n) is 7.42. The summed E-state index contributed by atoms with van der Waals surface area (Å²) in [4.78, 5) is 5.06. The van der Waals surface area contributed by atoms with Gasteiger partial charge in [0.15, 0.2) is 0 Å². The van der Waals surface area contributed by atoms with E-state index < -0.39 is 0 Å². The fourth-order valence-corrected chi connectivity index (χ4v) is 5.69. The van der Waals surface area contributed by atoms with Crippen molar-refractivity contribution in [1.29, 1.82) is 0 Å². The first kappa shape index (κ1) is 21.0. The number of hydrogen-bond acceptors (Lipinski definition) is 2. The van der Waals surface area contributed by atoms with Crippen LogP contribution in [0.15, 0.2) is 138 Å². The largest absolute Gasteiger partial charge is 0.455 e. The Hall–Kier alpha value is -5.15. The van der Waals surface area contributed by atoms with E-state index in [0.29, 0.717) is 0 Å². The van der Waals surface area contributed by atoms with Crippen molar-refractivity contribution in [2.45, 2.75) is 0 Å². The third-order valence-corrected chi connectivity index (χ3v) is 7.42. The first-order chi connectivity index (χ1) is 18.9. The number of imidazole rings is 1. The van der Waals surface area contributed by atoms with Crippen molar-refractivity contribution < 1.29 is 4.42 Å². The molecule has 0 atom stereocenters. The molecule has 0 N–H and O–H groups in total. The van der Waals surface area contributed by atoms with Crippen LogP contribution in [0.25, 0.3) is 71.9 Å². The van der Waals surface area contributed by atoms with Gasteiger partial charge in [0.25, 0.3) is 0 Å². The summed E-state index contributed by atoms with van der Waals surface area (Å²) in [6, 6.07) is 46.5. The summed E-state index contributed by atoms with van der Waals surface area (Å²) in [5.41, 5.74) is 8.18. The second-order valence-electron chi connectivity index (χ2n) is 9.59. The number of nitrogens with zero attached hydrogens (tertiary/aromatic N) is 2. The fraction of sp³-hybridized carbons (Fsp3) is 0. The van der Waals surface area contributed by atoms with Crippen molar-refractivity contribution in [1.82, 2.24) is 9.55 Å². The Bertz CT molecular complexity index is 2130. The molecular formula is C35H22N2O. The van der Waals surface area contributed by atoms with E-state index >= 15 is 0 Å². The molecule has 8 aromatic rings. The van der Waals surface area contributed by atoms with E-state index in [1.165, 1.54) is 5.39 Å². The molecule has 0 amide bonds. The summed E-state index contributed by atoms with van der Waals surface area (Å²) < 4.78 is 8.98. The van der Waals surface area contributed by atoms with Gasteiger partial charge in [0.1, 0.15) is 17.0 Å². The highest BCUT2D eigenvalue weighted by molar-refractivity contribution is 6.17. The first-order valence-corrected chi connectivity index (χ1v) is 12.8. The van der Waals surface area contributed by atoms with E-state index in [0.717, 1.165) is 66.6 Å². The van der Waals surface area contributed by atoms with E-state index in [9.17, 15) is 0 Å². The van der Waals surface area contributed by atoms with Gasteiger partial charge in [-0.15, -0.1) is 0 Å². The van der Waals surface area contributed by atoms with Gasteiger partial charge in [-0.3, -0.25) is 4.57 Å². The van der Waals surface area contributed by atoms with Crippen LogP contribution in [0.1, 0.15) is 0 Å². The maximum Gasteiger partial charge on any atom is 0.145 e. The number of hydrogen-bond donors (Lipinski definition) is 0. The Morgan fingerprint density at radius 1 is 0.500 bits per heavy atom. The molecule has 38 heavy (non-hydrogen) atoms. The average molecular weight is 487 g/mol. The number of aromatic nitrogens is 2. The van der Waals surface area contributed by atoms with Crippen molar-refractivity contribution in [3.63, 3.8) is 0 Å². The maximum absolute atomic E-state index is 6.70. The molecule has 0 saturated heterocycles. The molecule has 2 heterocycles. The van der Waals surface area contributed by atoms with E-state index in [2.05, 4.69) is 126 Å². The third kappa shape index (κ3) is 3.06. The van der Waals surface area contributed by atoms with Crippen LogP contribution in [0.5, 0.6) is 0 Å². The van der Waals surface area contributed by atoms with Gasteiger partial charge < -0.3 is 4.42 Å². The van der Waals surface area contributed by atoms with Gasteiger partial charge in [-0.1, -0.05) is 109 Å². The van der Waals surface area contributed by atoms with Crippen molar-refractivity contribution in [3.05, 3.63) is 133 Å². The molecule has 0 aliphatic heterocycles. The van der Waals surface area contributed by atoms with Gasteiger partial charge in [-0.2, -0.15) is 0 Å². The van der Waals surface area contributed by atoms with Crippen LogP contribution >= 0.6 is 0 Å². The molecule has 178 valence electrons. The lowest BCUT2D eigenvalue weighted by Gasteiger charge is -2.15. The summed E-state index contributed by atoms with van der Waals surface area (Å²) in [7, 11) is 0. The molecule has 6 aromatic carbocycles. The maximum atomic E-state index is 6.70. The smallest absolute Gasteiger partial charge is 0.145 e. The summed E-state index contributed by atoms with van der Waals surface area (Å²) in [5.74, 6) is 0.919. The first-order valence-electron chi connectivity index (χ1n) is 12.8. The molecule has 0 unspecified atom stereocenters. The number of rotatable bonds is 3. The second-order valence-corrected chi connectivity index (χ2v) is 9.59. The molecule has 0 saturated carbocycles. The molecule has 3 heteroatoms. The zero-order chi connectivity index (χ0) is 25.1. The molecule has 0 bridgehead atoms. The van der Waals surface area contributed by atoms with Gasteiger partial charge in [0.05, 0.1) is 16.7 Å². The van der Waals surface area contributed by atoms with Crippen LogP contribution in [-0.4, -0.2) is 9.55 Å². The Balaban J connectivity index is 1.45. The molecule has 0 spiro atoms. The van der Waals surface area contributed by atoms with E-state index in [1.807, 2.05) is 12.1 Å². The molecule has 0 radical (unpaired) electrons. The fourth-order valence-electron chi connectivity index (χ4n) is 5.69.